The van der Waals surface area contributed by atoms with Crippen LogP contribution in [0.4, 0.5) is 11.4 Å². The smallest absolute Gasteiger partial charge is 0.241 e. The Labute approximate surface area is 125 Å². The average molecular weight is 286 g/mol. The van der Waals surface area contributed by atoms with Gasteiger partial charge in [-0.3, -0.25) is 9.69 Å². The van der Waals surface area contributed by atoms with Crippen molar-refractivity contribution >= 4 is 17.3 Å². The Morgan fingerprint density at radius 1 is 1.57 bits per heavy atom. The molecule has 3 N–H and O–H groups in total. The van der Waals surface area contributed by atoms with E-state index in [0.29, 0.717) is 24.7 Å². The molecule has 5 heteroatoms. The maximum atomic E-state index is 12.4. The molecule has 21 heavy (non-hydrogen) atoms. The van der Waals surface area contributed by atoms with Crippen molar-refractivity contribution in [2.75, 3.05) is 17.6 Å². The third-order valence-corrected chi connectivity index (χ3v) is 3.89. The van der Waals surface area contributed by atoms with Crippen molar-refractivity contribution in [3.05, 3.63) is 23.8 Å². The third kappa shape index (κ3) is 3.96. The van der Waals surface area contributed by atoms with Crippen LogP contribution in [0.5, 0.6) is 0 Å². The second kappa shape index (κ2) is 6.59. The van der Waals surface area contributed by atoms with Crippen molar-refractivity contribution in [1.29, 1.82) is 5.26 Å². The fourth-order valence-corrected chi connectivity index (χ4v) is 2.44. The van der Waals surface area contributed by atoms with Gasteiger partial charge in [0.2, 0.25) is 5.91 Å². The van der Waals surface area contributed by atoms with Crippen molar-refractivity contribution in [2.45, 2.75) is 45.2 Å². The minimum absolute atomic E-state index is 0.0476. The van der Waals surface area contributed by atoms with E-state index >= 15 is 0 Å². The molecule has 0 radical (unpaired) electrons. The van der Waals surface area contributed by atoms with Gasteiger partial charge in [0.25, 0.3) is 0 Å². The fourth-order valence-electron chi connectivity index (χ4n) is 2.44. The number of aryl methyl sites for hydroxylation is 1. The van der Waals surface area contributed by atoms with Gasteiger partial charge in [-0.25, -0.2) is 0 Å². The van der Waals surface area contributed by atoms with Crippen LogP contribution < -0.4 is 11.1 Å². The molecule has 1 aromatic carbocycles. The molecule has 0 spiro atoms. The van der Waals surface area contributed by atoms with Crippen molar-refractivity contribution in [3.63, 3.8) is 0 Å². The lowest BCUT2D eigenvalue weighted by Crippen LogP contribution is -2.43. The number of nitriles is 1. The van der Waals surface area contributed by atoms with Crippen molar-refractivity contribution < 1.29 is 4.79 Å². The Morgan fingerprint density at radius 2 is 2.29 bits per heavy atom. The first-order valence-electron chi connectivity index (χ1n) is 7.32. The predicted molar refractivity (Wildman–Crippen MR) is 83.6 cm³/mol. The van der Waals surface area contributed by atoms with Gasteiger partial charge in [-0.15, -0.1) is 0 Å². The van der Waals surface area contributed by atoms with Crippen LogP contribution in [-0.2, 0) is 4.79 Å². The van der Waals surface area contributed by atoms with E-state index in [1.165, 1.54) is 0 Å². The Kier molecular flexibility index (Phi) is 4.81. The maximum absolute atomic E-state index is 12.4. The van der Waals surface area contributed by atoms with E-state index < -0.39 is 0 Å². The standard InChI is InChI=1S/C16H22N4O/c1-11-4-5-13(18)10-15(11)19-16(21)12(2)20(9-3-8-17)14-6-7-14/h4-5,10,12,14H,3,6-7,9,18H2,1-2H3,(H,19,21). The van der Waals surface area contributed by atoms with Gasteiger partial charge < -0.3 is 11.1 Å². The normalized spacial score (nSPS) is 15.5. The SMILES string of the molecule is Cc1ccc(N)cc1NC(=O)C(C)N(CCC#N)C1CC1. The summed E-state index contributed by atoms with van der Waals surface area (Å²) in [4.78, 5) is 14.6. The summed E-state index contributed by atoms with van der Waals surface area (Å²) in [5.74, 6) is -0.0476. The number of carbonyl (C=O) groups is 1. The van der Waals surface area contributed by atoms with Gasteiger partial charge >= 0.3 is 0 Å². The quantitative estimate of drug-likeness (QED) is 0.786. The molecule has 0 aromatic heterocycles. The number of carbonyl (C=O) groups excluding carboxylic acids is 1. The van der Waals surface area contributed by atoms with Gasteiger partial charge in [0.05, 0.1) is 12.1 Å². The van der Waals surface area contributed by atoms with Gasteiger partial charge in [0.1, 0.15) is 0 Å². The van der Waals surface area contributed by atoms with Crippen LogP contribution in [0.3, 0.4) is 0 Å². The lowest BCUT2D eigenvalue weighted by molar-refractivity contribution is -0.121. The molecular weight excluding hydrogens is 264 g/mol. The minimum atomic E-state index is -0.244. The van der Waals surface area contributed by atoms with E-state index in [0.717, 1.165) is 24.1 Å². The van der Waals surface area contributed by atoms with Crippen molar-refractivity contribution in [2.24, 2.45) is 0 Å². The zero-order valence-electron chi connectivity index (χ0n) is 12.6. The predicted octanol–water partition coefficient (Wildman–Crippen LogP) is 2.28. The zero-order valence-corrected chi connectivity index (χ0v) is 12.6. The highest BCUT2D eigenvalue weighted by atomic mass is 16.2. The molecule has 112 valence electrons. The van der Waals surface area contributed by atoms with Crippen LogP contribution >= 0.6 is 0 Å². The molecule has 1 atom stereocenters. The number of nitrogens with zero attached hydrogens (tertiary/aromatic N) is 2. The summed E-state index contributed by atoms with van der Waals surface area (Å²) in [5.41, 5.74) is 8.14. The summed E-state index contributed by atoms with van der Waals surface area (Å²) in [6.07, 6.45) is 2.67. The van der Waals surface area contributed by atoms with Crippen LogP contribution in [0.25, 0.3) is 0 Å². The summed E-state index contributed by atoms with van der Waals surface area (Å²) in [5, 5.41) is 11.7. The number of nitrogens with two attached hydrogens (primary N) is 1. The number of benzene rings is 1. The summed E-state index contributed by atoms with van der Waals surface area (Å²) in [6, 6.07) is 7.84. The number of nitrogen functional groups attached to an aromatic ring is 1. The van der Waals surface area contributed by atoms with E-state index in [1.807, 2.05) is 26.0 Å². The highest BCUT2D eigenvalue weighted by Gasteiger charge is 2.34. The average Bonchev–Trinajstić information content (AvgIpc) is 3.27. The van der Waals surface area contributed by atoms with Gasteiger partial charge in [0, 0.05) is 30.4 Å². The van der Waals surface area contributed by atoms with Crippen LogP contribution in [0, 0.1) is 18.3 Å². The molecule has 1 fully saturated rings. The van der Waals surface area contributed by atoms with E-state index in [9.17, 15) is 4.79 Å². The number of amides is 1. The third-order valence-electron chi connectivity index (χ3n) is 3.89. The molecular formula is C16H22N4O. The highest BCUT2D eigenvalue weighted by molar-refractivity contribution is 5.95. The second-order valence-electron chi connectivity index (χ2n) is 5.62. The highest BCUT2D eigenvalue weighted by Crippen LogP contribution is 2.29. The number of rotatable bonds is 6. The first-order valence-corrected chi connectivity index (χ1v) is 7.32. The van der Waals surface area contributed by atoms with Gasteiger partial charge in [-0.1, -0.05) is 6.07 Å². The molecule has 0 heterocycles. The Balaban J connectivity index is 2.04. The van der Waals surface area contributed by atoms with Crippen LogP contribution in [0.1, 0.15) is 31.7 Å². The molecule has 5 nitrogen and oxygen atoms in total. The number of hydrogen-bond acceptors (Lipinski definition) is 4. The van der Waals surface area contributed by atoms with E-state index in [2.05, 4.69) is 16.3 Å². The summed E-state index contributed by atoms with van der Waals surface area (Å²) < 4.78 is 0. The maximum Gasteiger partial charge on any atom is 0.241 e. The molecule has 1 aliphatic carbocycles. The van der Waals surface area contributed by atoms with Crippen LogP contribution in [-0.4, -0.2) is 29.4 Å². The Bertz CT molecular complexity index is 560. The van der Waals surface area contributed by atoms with Crippen molar-refractivity contribution in [3.8, 4) is 6.07 Å². The van der Waals surface area contributed by atoms with E-state index in [4.69, 9.17) is 11.0 Å². The largest absolute Gasteiger partial charge is 0.399 e. The van der Waals surface area contributed by atoms with Crippen LogP contribution in [0.2, 0.25) is 0 Å². The van der Waals surface area contributed by atoms with Gasteiger partial charge in [0.15, 0.2) is 0 Å². The monoisotopic (exact) mass is 286 g/mol. The van der Waals surface area contributed by atoms with Crippen LogP contribution in [0.15, 0.2) is 18.2 Å². The molecule has 0 aliphatic heterocycles. The molecule has 1 aromatic rings. The molecule has 1 amide bonds. The molecule has 0 bridgehead atoms. The van der Waals surface area contributed by atoms with E-state index in [-0.39, 0.29) is 11.9 Å². The summed E-state index contributed by atoms with van der Waals surface area (Å²) in [6.45, 7) is 4.48. The molecule has 1 aliphatic rings. The first kappa shape index (κ1) is 15.3. The van der Waals surface area contributed by atoms with Crippen molar-refractivity contribution in [1.82, 2.24) is 4.90 Å². The van der Waals surface area contributed by atoms with Gasteiger partial charge in [-0.2, -0.15) is 5.26 Å². The second-order valence-corrected chi connectivity index (χ2v) is 5.62. The lowest BCUT2D eigenvalue weighted by Gasteiger charge is -2.27. The minimum Gasteiger partial charge on any atom is -0.399 e. The van der Waals surface area contributed by atoms with E-state index in [1.54, 1.807) is 6.07 Å². The topological polar surface area (TPSA) is 82.2 Å². The molecule has 1 saturated carbocycles. The number of hydrogen-bond donors (Lipinski definition) is 2. The van der Waals surface area contributed by atoms with Gasteiger partial charge in [-0.05, 0) is 44.4 Å². The number of anilines is 2. The lowest BCUT2D eigenvalue weighted by atomic mass is 10.1. The molecule has 2 rings (SSSR count). The summed E-state index contributed by atoms with van der Waals surface area (Å²) in [7, 11) is 0. The molecule has 1 unspecified atom stereocenters. The number of nitrogens with one attached hydrogen (secondary N) is 1. The zero-order chi connectivity index (χ0) is 15.4. The summed E-state index contributed by atoms with van der Waals surface area (Å²) >= 11 is 0. The Morgan fingerprint density at radius 3 is 2.90 bits per heavy atom. The fraction of sp³-hybridized carbons (Fsp3) is 0.500. The Hall–Kier alpha value is -2.06. The first-order chi connectivity index (χ1) is 10.0. The molecule has 0 saturated heterocycles.